The summed E-state index contributed by atoms with van der Waals surface area (Å²) in [5.74, 6) is 0.894. The maximum absolute atomic E-state index is 5.96. The third-order valence-electron chi connectivity index (χ3n) is 3.11. The summed E-state index contributed by atoms with van der Waals surface area (Å²) in [6.07, 6.45) is 4.47. The average molecular weight is 298 g/mol. The monoisotopic (exact) mass is 298 g/mol. The van der Waals surface area contributed by atoms with Crippen molar-refractivity contribution < 1.29 is 4.43 Å². The lowest BCUT2D eigenvalue weighted by Gasteiger charge is -2.12. The predicted molar refractivity (Wildman–Crippen MR) is 91.5 cm³/mol. The molecule has 0 spiro atoms. The van der Waals surface area contributed by atoms with Gasteiger partial charge in [-0.3, -0.25) is 9.98 Å². The van der Waals surface area contributed by atoms with Gasteiger partial charge >= 0.3 is 0 Å². The molecule has 0 radical (unpaired) electrons. The zero-order valence-corrected chi connectivity index (χ0v) is 14.3. The topological polar surface area (TPSA) is 34.5 Å². The van der Waals surface area contributed by atoms with Crippen molar-refractivity contribution >= 4 is 20.9 Å². The highest BCUT2D eigenvalue weighted by Crippen LogP contribution is 2.28. The van der Waals surface area contributed by atoms with Gasteiger partial charge in [-0.2, -0.15) is 0 Å². The molecule has 2 aromatic rings. The second-order valence-electron chi connectivity index (χ2n) is 5.42. The van der Waals surface area contributed by atoms with Crippen molar-refractivity contribution in [1.82, 2.24) is 4.98 Å². The zero-order chi connectivity index (χ0) is 15.2. The fraction of sp³-hybridized carbons (Fsp3) is 0.294. The Morgan fingerprint density at radius 3 is 2.76 bits per heavy atom. The Balaban J connectivity index is 2.15. The average Bonchev–Trinajstić information content (AvgIpc) is 2.42. The molecule has 21 heavy (non-hydrogen) atoms. The molecule has 0 N–H and O–H groups in total. The van der Waals surface area contributed by atoms with E-state index < -0.39 is 9.04 Å². The first-order valence-electron chi connectivity index (χ1n) is 7.26. The van der Waals surface area contributed by atoms with Crippen LogP contribution in [0.1, 0.15) is 16.8 Å². The normalized spacial score (nSPS) is 11.3. The summed E-state index contributed by atoms with van der Waals surface area (Å²) in [6.45, 7) is 8.46. The van der Waals surface area contributed by atoms with Gasteiger partial charge in [0.25, 0.3) is 0 Å². The van der Waals surface area contributed by atoms with E-state index in [2.05, 4.69) is 55.1 Å². The van der Waals surface area contributed by atoms with Gasteiger partial charge < -0.3 is 4.43 Å². The van der Waals surface area contributed by atoms with E-state index in [0.29, 0.717) is 0 Å². The molecular weight excluding hydrogens is 276 g/mol. The number of aromatic nitrogens is 1. The van der Waals surface area contributed by atoms with Crippen LogP contribution in [0.15, 0.2) is 41.5 Å². The van der Waals surface area contributed by atoms with Crippen molar-refractivity contribution in [2.75, 3.05) is 0 Å². The van der Waals surface area contributed by atoms with Gasteiger partial charge in [0.15, 0.2) is 0 Å². The lowest BCUT2D eigenvalue weighted by molar-refractivity contribution is 0.581. The van der Waals surface area contributed by atoms with Crippen LogP contribution in [0.5, 0.6) is 5.75 Å². The van der Waals surface area contributed by atoms with Crippen LogP contribution in [0.4, 0.5) is 5.69 Å². The highest BCUT2D eigenvalue weighted by atomic mass is 28.3. The molecule has 0 fully saturated rings. The molecule has 0 saturated heterocycles. The van der Waals surface area contributed by atoms with Crippen molar-refractivity contribution in [3.8, 4) is 5.75 Å². The molecule has 0 amide bonds. The SMILES string of the molecule is Cc1ccc(N=CCc2ncccc2C)c(O[SiH](C)C)c1. The summed E-state index contributed by atoms with van der Waals surface area (Å²) in [6, 6.07) is 10.2. The highest BCUT2D eigenvalue weighted by molar-refractivity contribution is 6.49. The predicted octanol–water partition coefficient (Wildman–Crippen LogP) is 4.01. The number of hydrogen-bond acceptors (Lipinski definition) is 3. The summed E-state index contributed by atoms with van der Waals surface area (Å²) >= 11 is 0. The van der Waals surface area contributed by atoms with Crippen LogP contribution in [-0.2, 0) is 6.42 Å². The minimum atomic E-state index is -1.13. The van der Waals surface area contributed by atoms with Gasteiger partial charge in [-0.1, -0.05) is 12.1 Å². The van der Waals surface area contributed by atoms with Crippen molar-refractivity contribution in [2.45, 2.75) is 33.4 Å². The van der Waals surface area contributed by atoms with Gasteiger partial charge in [-0.05, 0) is 56.3 Å². The van der Waals surface area contributed by atoms with Gasteiger partial charge in [0, 0.05) is 24.5 Å². The van der Waals surface area contributed by atoms with Crippen LogP contribution in [0.3, 0.4) is 0 Å². The Morgan fingerprint density at radius 1 is 1.24 bits per heavy atom. The molecule has 2 rings (SSSR count). The number of rotatable bonds is 5. The maximum atomic E-state index is 5.96. The third kappa shape index (κ3) is 4.53. The molecule has 0 aliphatic rings. The molecule has 0 unspecified atom stereocenters. The van der Waals surface area contributed by atoms with Crippen LogP contribution < -0.4 is 4.43 Å². The molecule has 3 nitrogen and oxygen atoms in total. The molecule has 0 aliphatic carbocycles. The Bertz CT molecular complexity index is 638. The van der Waals surface area contributed by atoms with Crippen LogP contribution in [0, 0.1) is 13.8 Å². The van der Waals surface area contributed by atoms with E-state index in [1.54, 1.807) is 0 Å². The zero-order valence-electron chi connectivity index (χ0n) is 13.1. The van der Waals surface area contributed by atoms with Crippen molar-refractivity contribution in [2.24, 2.45) is 4.99 Å². The van der Waals surface area contributed by atoms with Crippen molar-refractivity contribution in [3.05, 3.63) is 53.3 Å². The number of aryl methyl sites for hydroxylation is 2. The lowest BCUT2D eigenvalue weighted by Crippen LogP contribution is -2.11. The molecule has 0 aliphatic heterocycles. The molecular formula is C17H22N2OSi. The smallest absolute Gasteiger partial charge is 0.229 e. The molecule has 0 atom stereocenters. The second kappa shape index (κ2) is 7.18. The van der Waals surface area contributed by atoms with Crippen molar-refractivity contribution in [1.29, 1.82) is 0 Å². The molecule has 4 heteroatoms. The number of hydrogen-bond donors (Lipinski definition) is 0. The summed E-state index contributed by atoms with van der Waals surface area (Å²) in [5, 5.41) is 0. The number of benzene rings is 1. The summed E-state index contributed by atoms with van der Waals surface area (Å²) < 4.78 is 5.96. The first-order chi connectivity index (χ1) is 10.1. The van der Waals surface area contributed by atoms with E-state index in [1.807, 2.05) is 24.5 Å². The van der Waals surface area contributed by atoms with E-state index in [1.165, 1.54) is 11.1 Å². The Kier molecular flexibility index (Phi) is 5.28. The van der Waals surface area contributed by atoms with Gasteiger partial charge in [0.05, 0.1) is 0 Å². The summed E-state index contributed by atoms with van der Waals surface area (Å²) in [7, 11) is -1.13. The van der Waals surface area contributed by atoms with Crippen LogP contribution in [-0.4, -0.2) is 20.2 Å². The Morgan fingerprint density at radius 2 is 2.05 bits per heavy atom. The Labute approximate surface area is 128 Å². The van der Waals surface area contributed by atoms with E-state index >= 15 is 0 Å². The van der Waals surface area contributed by atoms with E-state index in [-0.39, 0.29) is 0 Å². The number of pyridine rings is 1. The van der Waals surface area contributed by atoms with E-state index in [0.717, 1.165) is 23.6 Å². The van der Waals surface area contributed by atoms with E-state index in [9.17, 15) is 0 Å². The molecule has 1 heterocycles. The fourth-order valence-electron chi connectivity index (χ4n) is 2.04. The van der Waals surface area contributed by atoms with Gasteiger partial charge in [-0.15, -0.1) is 0 Å². The molecule has 0 bridgehead atoms. The summed E-state index contributed by atoms with van der Waals surface area (Å²) in [4.78, 5) is 8.95. The summed E-state index contributed by atoms with van der Waals surface area (Å²) in [5.41, 5.74) is 4.35. The maximum Gasteiger partial charge on any atom is 0.229 e. The van der Waals surface area contributed by atoms with Gasteiger partial charge in [0.2, 0.25) is 9.04 Å². The standard InChI is InChI=1S/C17H22N2OSi/c1-13-7-8-16(17(12-13)20-21(3)4)19-11-9-15-14(2)6-5-10-18-15/h5-8,10-12,21H,9H2,1-4H3. The largest absolute Gasteiger partial charge is 0.546 e. The number of nitrogens with zero attached hydrogens (tertiary/aromatic N) is 2. The fourth-order valence-corrected chi connectivity index (χ4v) is 2.74. The number of aliphatic imine (C=N–C) groups is 1. The van der Waals surface area contributed by atoms with Crippen molar-refractivity contribution in [3.63, 3.8) is 0 Å². The Hall–Kier alpha value is -1.94. The van der Waals surface area contributed by atoms with Gasteiger partial charge in [-0.25, -0.2) is 0 Å². The first-order valence-corrected chi connectivity index (χ1v) is 10.0. The van der Waals surface area contributed by atoms with Crippen LogP contribution in [0.25, 0.3) is 0 Å². The minimum Gasteiger partial charge on any atom is -0.546 e. The second-order valence-corrected chi connectivity index (χ2v) is 7.75. The molecule has 110 valence electrons. The molecule has 0 saturated carbocycles. The minimum absolute atomic E-state index is 0.735. The molecule has 1 aromatic heterocycles. The lowest BCUT2D eigenvalue weighted by atomic mass is 10.2. The molecule has 1 aromatic carbocycles. The third-order valence-corrected chi connectivity index (χ3v) is 3.84. The van der Waals surface area contributed by atoms with Crippen LogP contribution >= 0.6 is 0 Å². The van der Waals surface area contributed by atoms with Gasteiger partial charge in [0.1, 0.15) is 11.4 Å². The first kappa shape index (κ1) is 15.4. The quantitative estimate of drug-likeness (QED) is 0.617. The highest BCUT2D eigenvalue weighted by Gasteiger charge is 2.05. The van der Waals surface area contributed by atoms with E-state index in [4.69, 9.17) is 4.43 Å². The van der Waals surface area contributed by atoms with Crippen LogP contribution in [0.2, 0.25) is 13.1 Å².